The lowest BCUT2D eigenvalue weighted by Gasteiger charge is -2.10. The maximum atomic E-state index is 5.94. The van der Waals surface area contributed by atoms with Crippen LogP contribution in [0.4, 0.5) is 0 Å². The number of hydrogen-bond donors (Lipinski definition) is 1. The number of nitrogens with one attached hydrogen (secondary N) is 1. The average molecular weight is 152 g/mol. The van der Waals surface area contributed by atoms with Crippen LogP contribution in [-0.2, 0) is 0 Å². The lowest BCUT2D eigenvalue weighted by molar-refractivity contribution is 0.935. The molecule has 0 fully saturated rings. The highest BCUT2D eigenvalue weighted by molar-refractivity contribution is 7.06. The second-order valence-electron chi connectivity index (χ2n) is 2.20. The van der Waals surface area contributed by atoms with Gasteiger partial charge < -0.3 is 4.98 Å². The van der Waals surface area contributed by atoms with Crippen LogP contribution in [0.25, 0.3) is 0 Å². The van der Waals surface area contributed by atoms with Crippen molar-refractivity contribution in [3.63, 3.8) is 0 Å². The Morgan fingerprint density at radius 3 is 2.25 bits per heavy atom. The van der Waals surface area contributed by atoms with Crippen LogP contribution in [0.5, 0.6) is 0 Å². The molecule has 0 aliphatic heterocycles. The molecule has 0 rings (SSSR count). The van der Waals surface area contributed by atoms with Gasteiger partial charge >= 0.3 is 0 Å². The Balaban J connectivity index is 3.17. The topological polar surface area (TPSA) is 12.0 Å². The highest BCUT2D eigenvalue weighted by Crippen LogP contribution is 2.06. The average Bonchev–Trinajstić information content (AvgIpc) is 1.67. The highest BCUT2D eigenvalue weighted by atomic mass is 35.6. The Bertz CT molecular complexity index is 58.4. The molecule has 0 saturated carbocycles. The molecule has 50 valence electrons. The summed E-state index contributed by atoms with van der Waals surface area (Å²) in [6, 6.07) is 0. The summed E-state index contributed by atoms with van der Waals surface area (Å²) in [5.74, 6) is 0. The van der Waals surface area contributed by atoms with E-state index in [-0.39, 0.29) is 0 Å². The van der Waals surface area contributed by atoms with Crippen LogP contribution in [0, 0.1) is 0 Å². The molecule has 0 spiro atoms. The molecule has 0 saturated heterocycles. The molecule has 1 nitrogen and oxygen atoms in total. The van der Waals surface area contributed by atoms with Gasteiger partial charge in [-0.1, -0.05) is 20.8 Å². The van der Waals surface area contributed by atoms with Crippen molar-refractivity contribution in [3.05, 3.63) is 0 Å². The van der Waals surface area contributed by atoms with Gasteiger partial charge in [0.1, 0.15) is 0 Å². The summed E-state index contributed by atoms with van der Waals surface area (Å²) in [6.07, 6.45) is 0. The first-order chi connectivity index (χ1) is 3.68. The maximum absolute atomic E-state index is 5.94. The van der Waals surface area contributed by atoms with Crippen LogP contribution in [-0.4, -0.2) is 14.8 Å². The van der Waals surface area contributed by atoms with Crippen LogP contribution in [0.2, 0.25) is 5.54 Å². The third-order valence-electron chi connectivity index (χ3n) is 0.984. The summed E-state index contributed by atoms with van der Waals surface area (Å²) >= 11 is 5.94. The molecule has 0 bridgehead atoms. The van der Waals surface area contributed by atoms with Gasteiger partial charge in [0.05, 0.1) is 0 Å². The van der Waals surface area contributed by atoms with Crippen molar-refractivity contribution in [1.82, 2.24) is 4.98 Å². The van der Waals surface area contributed by atoms with Crippen molar-refractivity contribution in [2.24, 2.45) is 0 Å². The number of halogens is 1. The van der Waals surface area contributed by atoms with E-state index in [1.54, 1.807) is 0 Å². The normalized spacial score (nSPS) is 14.6. The number of hydrogen-bond acceptors (Lipinski definition) is 1. The van der Waals surface area contributed by atoms with Crippen LogP contribution in [0.1, 0.15) is 20.8 Å². The smallest absolute Gasteiger partial charge is 0.213 e. The standard InChI is InChI=1S/C5H14ClNSi/c1-4-7-8(6)5(2)3/h5,7-8H,4H2,1-3H3. The lowest BCUT2D eigenvalue weighted by atomic mass is 10.6. The van der Waals surface area contributed by atoms with Crippen LogP contribution in [0.15, 0.2) is 0 Å². The fourth-order valence-electron chi connectivity index (χ4n) is 0.431. The molecular weight excluding hydrogens is 138 g/mol. The first kappa shape index (κ1) is 8.47. The van der Waals surface area contributed by atoms with Crippen LogP contribution >= 0.6 is 11.1 Å². The molecule has 1 unspecified atom stereocenters. The van der Waals surface area contributed by atoms with Gasteiger partial charge in [0.15, 0.2) is 0 Å². The van der Waals surface area contributed by atoms with Gasteiger partial charge in [0, 0.05) is 0 Å². The van der Waals surface area contributed by atoms with Crippen molar-refractivity contribution < 1.29 is 0 Å². The third-order valence-corrected chi connectivity index (χ3v) is 4.93. The van der Waals surface area contributed by atoms with Gasteiger partial charge in [0.25, 0.3) is 0 Å². The van der Waals surface area contributed by atoms with E-state index in [1.165, 1.54) is 0 Å². The molecule has 1 atom stereocenters. The Labute approximate surface area is 57.8 Å². The van der Waals surface area contributed by atoms with Crippen molar-refractivity contribution in [1.29, 1.82) is 0 Å². The molecule has 0 aromatic carbocycles. The van der Waals surface area contributed by atoms with Gasteiger partial charge in [-0.2, -0.15) is 11.1 Å². The van der Waals surface area contributed by atoms with E-state index in [4.69, 9.17) is 11.1 Å². The molecule has 0 amide bonds. The molecule has 3 heteroatoms. The fraction of sp³-hybridized carbons (Fsp3) is 1.00. The number of rotatable bonds is 3. The van der Waals surface area contributed by atoms with E-state index in [0.717, 1.165) is 6.54 Å². The summed E-state index contributed by atoms with van der Waals surface area (Å²) in [7, 11) is -1.05. The minimum absolute atomic E-state index is 0.664. The zero-order valence-electron chi connectivity index (χ0n) is 5.74. The zero-order chi connectivity index (χ0) is 6.57. The van der Waals surface area contributed by atoms with Crippen LogP contribution in [0.3, 0.4) is 0 Å². The second-order valence-corrected chi connectivity index (χ2v) is 6.16. The third kappa shape index (κ3) is 3.47. The predicted molar refractivity (Wildman–Crippen MR) is 41.8 cm³/mol. The largest absolute Gasteiger partial charge is 0.328 e. The molecular formula is C5H14ClNSi. The van der Waals surface area contributed by atoms with E-state index >= 15 is 0 Å². The molecule has 0 radical (unpaired) electrons. The Morgan fingerprint density at radius 2 is 2.12 bits per heavy atom. The van der Waals surface area contributed by atoms with Gasteiger partial charge in [-0.05, 0) is 12.1 Å². The Morgan fingerprint density at radius 1 is 1.62 bits per heavy atom. The quantitative estimate of drug-likeness (QED) is 0.476. The van der Waals surface area contributed by atoms with E-state index in [9.17, 15) is 0 Å². The lowest BCUT2D eigenvalue weighted by Crippen LogP contribution is -2.30. The fourth-order valence-corrected chi connectivity index (χ4v) is 1.76. The summed E-state index contributed by atoms with van der Waals surface area (Å²) in [5.41, 5.74) is 0.664. The molecule has 0 aromatic heterocycles. The minimum atomic E-state index is -1.05. The van der Waals surface area contributed by atoms with Gasteiger partial charge in [-0.15, -0.1) is 0 Å². The van der Waals surface area contributed by atoms with E-state index in [0.29, 0.717) is 5.54 Å². The molecule has 0 aliphatic rings. The first-order valence-corrected chi connectivity index (χ1v) is 6.05. The maximum Gasteiger partial charge on any atom is 0.213 e. The summed E-state index contributed by atoms with van der Waals surface area (Å²) in [6.45, 7) is 7.42. The molecule has 0 aliphatic carbocycles. The van der Waals surface area contributed by atoms with Crippen LogP contribution < -0.4 is 4.98 Å². The van der Waals surface area contributed by atoms with E-state index in [1.807, 2.05) is 0 Å². The SMILES string of the molecule is CCN[SiH](Cl)C(C)C. The monoisotopic (exact) mass is 151 g/mol. The summed E-state index contributed by atoms with van der Waals surface area (Å²) in [4.78, 5) is 3.25. The van der Waals surface area contributed by atoms with Gasteiger partial charge in [0.2, 0.25) is 8.27 Å². The van der Waals surface area contributed by atoms with Gasteiger partial charge in [-0.3, -0.25) is 0 Å². The van der Waals surface area contributed by atoms with Crippen molar-refractivity contribution in [2.45, 2.75) is 26.3 Å². The minimum Gasteiger partial charge on any atom is -0.328 e. The van der Waals surface area contributed by atoms with Crippen molar-refractivity contribution >= 4 is 19.3 Å². The highest BCUT2D eigenvalue weighted by Gasteiger charge is 2.08. The summed E-state index contributed by atoms with van der Waals surface area (Å²) in [5, 5.41) is 0. The molecule has 0 heterocycles. The van der Waals surface area contributed by atoms with Crippen molar-refractivity contribution in [2.75, 3.05) is 6.54 Å². The van der Waals surface area contributed by atoms with Crippen molar-refractivity contribution in [3.8, 4) is 0 Å². The Kier molecular flexibility index (Phi) is 4.61. The van der Waals surface area contributed by atoms with Gasteiger partial charge in [-0.25, -0.2) is 0 Å². The molecule has 0 aromatic rings. The van der Waals surface area contributed by atoms with E-state index in [2.05, 4.69) is 25.8 Å². The zero-order valence-corrected chi connectivity index (χ0v) is 7.65. The second kappa shape index (κ2) is 4.36. The predicted octanol–water partition coefficient (Wildman–Crippen LogP) is 1.47. The first-order valence-electron chi connectivity index (χ1n) is 3.06. The summed E-state index contributed by atoms with van der Waals surface area (Å²) < 4.78 is 0. The molecule has 1 N–H and O–H groups in total. The Hall–Kier alpha value is 0.467. The van der Waals surface area contributed by atoms with E-state index < -0.39 is 8.27 Å². The molecule has 8 heavy (non-hydrogen) atoms.